The van der Waals surface area contributed by atoms with E-state index in [-0.39, 0.29) is 15.8 Å². The van der Waals surface area contributed by atoms with E-state index in [1.54, 1.807) is 13.0 Å². The molecule has 1 aromatic carbocycles. The van der Waals surface area contributed by atoms with Crippen LogP contribution in [0, 0.1) is 18.3 Å². The summed E-state index contributed by atoms with van der Waals surface area (Å²) in [5.41, 5.74) is -0.614. The van der Waals surface area contributed by atoms with Crippen molar-refractivity contribution in [1.82, 2.24) is 4.98 Å². The molecule has 2 heterocycles. The molecule has 122 valence electrons. The molecule has 0 saturated carbocycles. The van der Waals surface area contributed by atoms with Crippen molar-refractivity contribution < 1.29 is 23.1 Å². The van der Waals surface area contributed by atoms with Crippen molar-refractivity contribution in [2.75, 3.05) is 0 Å². The van der Waals surface area contributed by atoms with Crippen LogP contribution in [-0.4, -0.2) is 16.1 Å². The number of benzene rings is 1. The molecule has 0 unspecified atom stereocenters. The Hall–Kier alpha value is -2.44. The lowest BCUT2D eigenvalue weighted by Gasteiger charge is -2.06. The second-order valence-corrected chi connectivity index (χ2v) is 6.95. The van der Waals surface area contributed by atoms with E-state index in [1.165, 1.54) is 6.07 Å². The van der Waals surface area contributed by atoms with Crippen molar-refractivity contribution in [1.29, 1.82) is 5.26 Å². The predicted molar refractivity (Wildman–Crippen MR) is 84.3 cm³/mol. The van der Waals surface area contributed by atoms with Crippen LogP contribution < -0.4 is 0 Å². The van der Waals surface area contributed by atoms with Gasteiger partial charge in [0, 0.05) is 0 Å². The number of aromatic nitrogens is 1. The molecule has 9 heteroatoms. The fourth-order valence-corrected chi connectivity index (χ4v) is 4.26. The molecular weight excluding hydrogens is 361 g/mol. The Balaban J connectivity index is 2.20. The van der Waals surface area contributed by atoms with Crippen LogP contribution in [0.25, 0.3) is 20.0 Å². The van der Waals surface area contributed by atoms with Crippen molar-refractivity contribution in [2.24, 2.45) is 0 Å². The zero-order valence-electron chi connectivity index (χ0n) is 11.9. The Morgan fingerprint density at radius 1 is 1.29 bits per heavy atom. The number of halogens is 3. The van der Waals surface area contributed by atoms with Crippen LogP contribution in [0.3, 0.4) is 0 Å². The van der Waals surface area contributed by atoms with Crippen LogP contribution in [-0.2, 0) is 6.18 Å². The fraction of sp³-hybridized carbons (Fsp3) is 0.133. The first-order valence-electron chi connectivity index (χ1n) is 6.46. The normalized spacial score (nSPS) is 11.6. The molecule has 24 heavy (non-hydrogen) atoms. The minimum absolute atomic E-state index is 0.0668. The number of nitrogens with zero attached hydrogens (tertiary/aromatic N) is 2. The van der Waals surface area contributed by atoms with Gasteiger partial charge in [-0.3, -0.25) is 0 Å². The Labute approximate surface area is 141 Å². The Morgan fingerprint density at radius 3 is 2.54 bits per heavy atom. The van der Waals surface area contributed by atoms with E-state index in [0.717, 1.165) is 34.8 Å². The van der Waals surface area contributed by atoms with E-state index in [1.807, 2.05) is 0 Å². The van der Waals surface area contributed by atoms with Crippen molar-refractivity contribution in [3.05, 3.63) is 39.9 Å². The van der Waals surface area contributed by atoms with Gasteiger partial charge in [0.25, 0.3) is 0 Å². The highest BCUT2D eigenvalue weighted by Gasteiger charge is 2.32. The molecule has 0 aliphatic rings. The number of carboxylic acids is 1. The number of carbonyl (C=O) groups is 1. The Morgan fingerprint density at radius 2 is 2.00 bits per heavy atom. The summed E-state index contributed by atoms with van der Waals surface area (Å²) < 4.78 is 39.2. The number of rotatable bonds is 2. The molecule has 0 saturated heterocycles. The maximum atomic E-state index is 12.9. The summed E-state index contributed by atoms with van der Waals surface area (Å²) >= 11 is 2.07. The number of thiazole rings is 1. The van der Waals surface area contributed by atoms with Gasteiger partial charge in [0.15, 0.2) is 0 Å². The third kappa shape index (κ3) is 2.74. The maximum Gasteiger partial charge on any atom is 0.416 e. The first-order chi connectivity index (χ1) is 11.2. The van der Waals surface area contributed by atoms with Crippen LogP contribution in [0.4, 0.5) is 13.2 Å². The minimum atomic E-state index is -4.55. The van der Waals surface area contributed by atoms with E-state index in [9.17, 15) is 18.0 Å². The monoisotopic (exact) mass is 368 g/mol. The van der Waals surface area contributed by atoms with Gasteiger partial charge in [-0.1, -0.05) is 0 Å². The second-order valence-electron chi connectivity index (χ2n) is 4.90. The number of hydrogen-bond acceptors (Lipinski definition) is 5. The summed E-state index contributed by atoms with van der Waals surface area (Å²) in [5, 5.41) is 18.9. The van der Waals surface area contributed by atoms with Gasteiger partial charge >= 0.3 is 12.1 Å². The summed E-state index contributed by atoms with van der Waals surface area (Å²) in [7, 11) is 0. The molecule has 0 radical (unpaired) electrons. The number of hydrogen-bond donors (Lipinski definition) is 1. The van der Waals surface area contributed by atoms with E-state index < -0.39 is 17.7 Å². The van der Waals surface area contributed by atoms with Gasteiger partial charge in [0.2, 0.25) is 0 Å². The van der Waals surface area contributed by atoms with Crippen LogP contribution >= 0.6 is 22.7 Å². The zero-order valence-corrected chi connectivity index (χ0v) is 13.6. The molecular formula is C15H7F3N2O2S2. The van der Waals surface area contributed by atoms with Crippen LogP contribution in [0.15, 0.2) is 18.2 Å². The summed E-state index contributed by atoms with van der Waals surface area (Å²) in [4.78, 5) is 15.9. The van der Waals surface area contributed by atoms with Gasteiger partial charge < -0.3 is 5.11 Å². The van der Waals surface area contributed by atoms with Crippen molar-refractivity contribution >= 4 is 38.7 Å². The SMILES string of the molecule is Cc1nc(-c2cc3cc(C(F)(F)F)cc(C#N)c3s2)sc1C(=O)O. The number of fused-ring (bicyclic) bond motifs is 1. The molecule has 0 aliphatic carbocycles. The fourth-order valence-electron chi connectivity index (χ4n) is 2.21. The maximum absolute atomic E-state index is 12.9. The van der Waals surface area contributed by atoms with E-state index in [0.29, 0.717) is 20.3 Å². The molecule has 3 aromatic rings. The third-order valence-electron chi connectivity index (χ3n) is 3.27. The predicted octanol–water partition coefficient (Wildman–Crippen LogP) is 4.92. The first-order valence-corrected chi connectivity index (χ1v) is 8.10. The average Bonchev–Trinajstić information content (AvgIpc) is 3.08. The molecule has 1 N–H and O–H groups in total. The number of aryl methyl sites for hydroxylation is 1. The number of thiophene rings is 1. The van der Waals surface area contributed by atoms with Crippen molar-refractivity contribution in [3.8, 4) is 16.0 Å². The molecule has 0 amide bonds. The van der Waals surface area contributed by atoms with E-state index in [4.69, 9.17) is 10.4 Å². The van der Waals surface area contributed by atoms with Gasteiger partial charge in [-0.25, -0.2) is 9.78 Å². The van der Waals surface area contributed by atoms with Gasteiger partial charge in [0.1, 0.15) is 16.0 Å². The molecule has 0 spiro atoms. The van der Waals surface area contributed by atoms with Crippen molar-refractivity contribution in [2.45, 2.75) is 13.1 Å². The summed E-state index contributed by atoms with van der Waals surface area (Å²) in [6.07, 6.45) is -4.55. The largest absolute Gasteiger partial charge is 0.477 e. The molecule has 0 fully saturated rings. The van der Waals surface area contributed by atoms with Crippen LogP contribution in [0.2, 0.25) is 0 Å². The summed E-state index contributed by atoms with van der Waals surface area (Å²) in [6, 6.07) is 5.08. The van der Waals surface area contributed by atoms with E-state index in [2.05, 4.69) is 4.98 Å². The molecule has 2 aromatic heterocycles. The first kappa shape index (κ1) is 16.4. The molecule has 0 bridgehead atoms. The van der Waals surface area contributed by atoms with Gasteiger partial charge in [0.05, 0.1) is 26.4 Å². The smallest absolute Gasteiger partial charge is 0.416 e. The minimum Gasteiger partial charge on any atom is -0.477 e. The highest BCUT2D eigenvalue weighted by molar-refractivity contribution is 7.26. The van der Waals surface area contributed by atoms with E-state index >= 15 is 0 Å². The highest BCUT2D eigenvalue weighted by atomic mass is 32.1. The van der Waals surface area contributed by atoms with Gasteiger partial charge in [-0.15, -0.1) is 22.7 Å². The standard InChI is InChI=1S/C15H7F3N2O2S2/c1-6-11(14(21)22)24-13(20-6)10-4-7-2-9(15(16,17)18)3-8(5-19)12(7)23-10/h2-4H,1H3,(H,21,22). The molecule has 3 rings (SSSR count). The topological polar surface area (TPSA) is 74.0 Å². The lowest BCUT2D eigenvalue weighted by atomic mass is 10.1. The van der Waals surface area contributed by atoms with Crippen LogP contribution in [0.5, 0.6) is 0 Å². The summed E-state index contributed by atoms with van der Waals surface area (Å²) in [5.74, 6) is -1.10. The van der Waals surface area contributed by atoms with Crippen molar-refractivity contribution in [3.63, 3.8) is 0 Å². The Kier molecular flexibility index (Phi) is 3.81. The lowest BCUT2D eigenvalue weighted by Crippen LogP contribution is -2.04. The lowest BCUT2D eigenvalue weighted by molar-refractivity contribution is -0.137. The summed E-state index contributed by atoms with van der Waals surface area (Å²) in [6.45, 7) is 1.55. The quantitative estimate of drug-likeness (QED) is 0.697. The zero-order chi connectivity index (χ0) is 17.6. The number of carboxylic acid groups (broad SMARTS) is 1. The van der Waals surface area contributed by atoms with Gasteiger partial charge in [-0.2, -0.15) is 18.4 Å². The second kappa shape index (κ2) is 5.58. The highest BCUT2D eigenvalue weighted by Crippen LogP contribution is 2.41. The number of aromatic carboxylic acids is 1. The third-order valence-corrected chi connectivity index (χ3v) is 5.76. The average molecular weight is 368 g/mol. The molecule has 4 nitrogen and oxygen atoms in total. The molecule has 0 aliphatic heterocycles. The Bertz CT molecular complexity index is 1010. The number of nitriles is 1. The van der Waals surface area contributed by atoms with Gasteiger partial charge in [-0.05, 0) is 30.5 Å². The number of alkyl halides is 3. The van der Waals surface area contributed by atoms with Crippen LogP contribution in [0.1, 0.15) is 26.5 Å². The molecule has 0 atom stereocenters.